The number of benzene rings is 1. The van der Waals surface area contributed by atoms with E-state index in [0.29, 0.717) is 0 Å². The zero-order valence-corrected chi connectivity index (χ0v) is 9.99. The Bertz CT molecular complexity index is 660. The summed E-state index contributed by atoms with van der Waals surface area (Å²) in [6.45, 7) is 0. The second-order valence-electron chi connectivity index (χ2n) is 3.55. The molecule has 0 saturated carbocycles. The van der Waals surface area contributed by atoms with Crippen molar-refractivity contribution in [2.24, 2.45) is 10.7 Å². The van der Waals surface area contributed by atoms with Gasteiger partial charge in [-0.1, -0.05) is 0 Å². The average Bonchev–Trinajstić information content (AvgIpc) is 2.56. The van der Waals surface area contributed by atoms with Gasteiger partial charge < -0.3 is 10.5 Å². The van der Waals surface area contributed by atoms with E-state index in [9.17, 15) is 21.6 Å². The second kappa shape index (κ2) is 4.26. The van der Waals surface area contributed by atoms with Gasteiger partial charge in [0, 0.05) is 0 Å². The van der Waals surface area contributed by atoms with Crippen LogP contribution in [0.2, 0.25) is 0 Å². The van der Waals surface area contributed by atoms with E-state index >= 15 is 0 Å². The lowest BCUT2D eigenvalue weighted by Gasteiger charge is -2.08. The fraction of sp³-hybridized carbons (Fsp3) is 0.100. The predicted octanol–water partition coefficient (Wildman–Crippen LogP) is 1.63. The number of rotatable bonds is 1. The standard InChI is InChI=1S/C10H7F3N2O3S/c11-10(12,13)6-1-3-7(4-2-6)18-9-15-5-8(14)19(9,16)17/h1-5H,14H2. The monoisotopic (exact) mass is 292 g/mol. The second-order valence-corrected chi connectivity index (χ2v) is 5.38. The van der Waals surface area contributed by atoms with Crippen LogP contribution in [0, 0.1) is 0 Å². The molecular weight excluding hydrogens is 285 g/mol. The maximum absolute atomic E-state index is 12.3. The third-order valence-electron chi connectivity index (χ3n) is 2.22. The van der Waals surface area contributed by atoms with E-state index in [-0.39, 0.29) is 5.75 Å². The minimum atomic E-state index is -4.47. The Hall–Kier alpha value is -2.03. The number of sulfone groups is 1. The Labute approximate surface area is 106 Å². The van der Waals surface area contributed by atoms with Crippen LogP contribution in [0.15, 0.2) is 40.5 Å². The van der Waals surface area contributed by atoms with Gasteiger partial charge in [-0.3, -0.25) is 0 Å². The highest BCUT2D eigenvalue weighted by molar-refractivity contribution is 8.09. The fourth-order valence-electron chi connectivity index (χ4n) is 1.25. The molecule has 0 amide bonds. The third-order valence-corrected chi connectivity index (χ3v) is 3.60. The molecule has 0 fully saturated rings. The summed E-state index contributed by atoms with van der Waals surface area (Å²) in [5.74, 6) is -0.0848. The van der Waals surface area contributed by atoms with Crippen LogP contribution in [-0.2, 0) is 16.0 Å². The maximum Gasteiger partial charge on any atom is 0.416 e. The first-order chi connectivity index (χ1) is 8.71. The molecule has 0 saturated heterocycles. The summed E-state index contributed by atoms with van der Waals surface area (Å²) in [5.41, 5.74) is 4.30. The molecule has 1 aromatic rings. The molecule has 1 aliphatic heterocycles. The van der Waals surface area contributed by atoms with Gasteiger partial charge in [0.2, 0.25) is 0 Å². The number of hydrogen-bond donors (Lipinski definition) is 1. The molecule has 9 heteroatoms. The largest absolute Gasteiger partial charge is 0.430 e. The highest BCUT2D eigenvalue weighted by atomic mass is 32.2. The number of halogens is 3. The van der Waals surface area contributed by atoms with E-state index in [1.807, 2.05) is 0 Å². The summed E-state index contributed by atoms with van der Waals surface area (Å²) in [5, 5.41) is -1.14. The highest BCUT2D eigenvalue weighted by Gasteiger charge is 2.32. The molecule has 0 bridgehead atoms. The lowest BCUT2D eigenvalue weighted by molar-refractivity contribution is -0.137. The number of aliphatic imine (C=N–C) groups is 1. The number of nitrogens with zero attached hydrogens (tertiary/aromatic N) is 1. The van der Waals surface area contributed by atoms with E-state index < -0.39 is 31.8 Å². The topological polar surface area (TPSA) is 81.8 Å². The lowest BCUT2D eigenvalue weighted by Crippen LogP contribution is -2.22. The van der Waals surface area contributed by atoms with Crippen LogP contribution in [0.5, 0.6) is 5.75 Å². The van der Waals surface area contributed by atoms with Crippen LogP contribution in [0.25, 0.3) is 0 Å². The predicted molar refractivity (Wildman–Crippen MR) is 60.7 cm³/mol. The summed E-state index contributed by atoms with van der Waals surface area (Å²) in [4.78, 5) is 3.43. The molecule has 1 aromatic carbocycles. The van der Waals surface area contributed by atoms with Gasteiger partial charge in [-0.05, 0) is 24.3 Å². The Kier molecular flexibility index (Phi) is 3.01. The first kappa shape index (κ1) is 13.4. The molecule has 1 heterocycles. The number of alkyl halides is 3. The zero-order chi connectivity index (χ0) is 14.3. The molecular formula is C10H7F3N2O3S. The molecule has 0 spiro atoms. The molecule has 102 valence electrons. The average molecular weight is 292 g/mol. The van der Waals surface area contributed by atoms with E-state index in [2.05, 4.69) is 4.99 Å². The van der Waals surface area contributed by atoms with Crippen molar-refractivity contribution in [3.8, 4) is 5.75 Å². The first-order valence-corrected chi connectivity index (χ1v) is 6.33. The van der Waals surface area contributed by atoms with Crippen molar-refractivity contribution in [1.82, 2.24) is 0 Å². The summed E-state index contributed by atoms with van der Waals surface area (Å²) in [6, 6.07) is 3.53. The van der Waals surface area contributed by atoms with E-state index in [1.165, 1.54) is 0 Å². The summed E-state index contributed by atoms with van der Waals surface area (Å²) >= 11 is 0. The van der Waals surface area contributed by atoms with E-state index in [0.717, 1.165) is 30.5 Å². The molecule has 0 unspecified atom stereocenters. The van der Waals surface area contributed by atoms with E-state index in [4.69, 9.17) is 10.5 Å². The smallest absolute Gasteiger partial charge is 0.416 e. The van der Waals surface area contributed by atoms with Crippen molar-refractivity contribution in [2.75, 3.05) is 0 Å². The summed E-state index contributed by atoms with van der Waals surface area (Å²) in [6.07, 6.45) is -3.57. The van der Waals surface area contributed by atoms with Crippen molar-refractivity contribution in [3.63, 3.8) is 0 Å². The molecule has 2 N–H and O–H groups in total. The maximum atomic E-state index is 12.3. The van der Waals surface area contributed by atoms with Gasteiger partial charge in [0.1, 0.15) is 5.75 Å². The van der Waals surface area contributed by atoms with Crippen LogP contribution in [-0.4, -0.2) is 13.6 Å². The molecule has 5 nitrogen and oxygen atoms in total. The van der Waals surface area contributed by atoms with Gasteiger partial charge >= 0.3 is 11.4 Å². The Morgan fingerprint density at radius 2 is 1.74 bits per heavy atom. The zero-order valence-electron chi connectivity index (χ0n) is 9.18. The van der Waals surface area contributed by atoms with Gasteiger partial charge in [0.15, 0.2) is 5.03 Å². The molecule has 0 aromatic heterocycles. The summed E-state index contributed by atoms with van der Waals surface area (Å²) in [7, 11) is -3.96. The molecule has 2 rings (SSSR count). The Balaban J connectivity index is 2.19. The van der Waals surface area contributed by atoms with Crippen LogP contribution < -0.4 is 10.5 Å². The van der Waals surface area contributed by atoms with Gasteiger partial charge in [-0.15, -0.1) is 0 Å². The minimum absolute atomic E-state index is 0.0848. The van der Waals surface area contributed by atoms with Crippen LogP contribution in [0.4, 0.5) is 13.2 Å². The SMILES string of the molecule is NC1=CN=C(Oc2ccc(C(F)(F)F)cc2)S1(=O)=O. The van der Waals surface area contributed by atoms with Crippen molar-refractivity contribution in [1.29, 1.82) is 0 Å². The molecule has 1 aliphatic rings. The molecule has 0 atom stereocenters. The molecule has 0 aliphatic carbocycles. The quantitative estimate of drug-likeness (QED) is 0.852. The van der Waals surface area contributed by atoms with Crippen LogP contribution in [0.3, 0.4) is 0 Å². The van der Waals surface area contributed by atoms with Crippen LogP contribution in [0.1, 0.15) is 5.56 Å². The Morgan fingerprint density at radius 1 is 1.16 bits per heavy atom. The first-order valence-electron chi connectivity index (χ1n) is 4.85. The molecule has 0 radical (unpaired) electrons. The number of ether oxygens (including phenoxy) is 1. The van der Waals surface area contributed by atoms with E-state index in [1.54, 1.807) is 0 Å². The van der Waals surface area contributed by atoms with Crippen molar-refractivity contribution >= 4 is 15.1 Å². The van der Waals surface area contributed by atoms with Crippen molar-refractivity contribution in [2.45, 2.75) is 6.18 Å². The summed E-state index contributed by atoms with van der Waals surface area (Å²) < 4.78 is 64.8. The van der Waals surface area contributed by atoms with Gasteiger partial charge in [0.05, 0.1) is 11.8 Å². The number of hydrogen-bond acceptors (Lipinski definition) is 5. The number of nitrogens with two attached hydrogens (primary N) is 1. The van der Waals surface area contributed by atoms with Gasteiger partial charge in [-0.2, -0.15) is 13.2 Å². The highest BCUT2D eigenvalue weighted by Crippen LogP contribution is 2.30. The molecule has 19 heavy (non-hydrogen) atoms. The van der Waals surface area contributed by atoms with Gasteiger partial charge in [0.25, 0.3) is 9.84 Å². The third kappa shape index (κ3) is 2.55. The minimum Gasteiger partial charge on any atom is -0.430 e. The van der Waals surface area contributed by atoms with Crippen molar-refractivity contribution < 1.29 is 26.3 Å². The lowest BCUT2D eigenvalue weighted by atomic mass is 10.2. The fourth-order valence-corrected chi connectivity index (χ4v) is 2.04. The Morgan fingerprint density at radius 3 is 2.16 bits per heavy atom. The van der Waals surface area contributed by atoms with Crippen molar-refractivity contribution in [3.05, 3.63) is 41.1 Å². The van der Waals surface area contributed by atoms with Gasteiger partial charge in [-0.25, -0.2) is 13.4 Å². The normalized spacial score (nSPS) is 17.8. The van der Waals surface area contributed by atoms with Crippen LogP contribution >= 0.6 is 0 Å².